The maximum atomic E-state index is 4.82. The van der Waals surface area contributed by atoms with Gasteiger partial charge in [0.2, 0.25) is 0 Å². The minimum Gasteiger partial charge on any atom is -0.359 e. The molecule has 26 heavy (non-hydrogen) atoms. The molecule has 0 aliphatic rings. The first-order chi connectivity index (χ1) is 12.6. The molecule has 0 atom stereocenters. The van der Waals surface area contributed by atoms with Gasteiger partial charge in [0.1, 0.15) is 5.82 Å². The van der Waals surface area contributed by atoms with Crippen LogP contribution in [-0.4, -0.2) is 43.3 Å². The fraction of sp³-hybridized carbons (Fsp3) is 0.278. The molecule has 0 aromatic carbocycles. The average molecular weight is 365 g/mol. The van der Waals surface area contributed by atoms with Crippen molar-refractivity contribution in [1.29, 1.82) is 0 Å². The van der Waals surface area contributed by atoms with E-state index in [9.17, 15) is 0 Å². The zero-order chi connectivity index (χ0) is 18.1. The molecule has 0 saturated heterocycles. The smallest absolute Gasteiger partial charge is 0.165 e. The number of likely N-dealkylation sites (N-methyl/N-ethyl adjacent to an activating group) is 1. The van der Waals surface area contributed by atoms with Crippen LogP contribution in [0.15, 0.2) is 36.2 Å². The van der Waals surface area contributed by atoms with Gasteiger partial charge in [-0.2, -0.15) is 5.10 Å². The van der Waals surface area contributed by atoms with E-state index in [-0.39, 0.29) is 0 Å². The van der Waals surface area contributed by atoms with Gasteiger partial charge in [0.15, 0.2) is 11.5 Å². The van der Waals surface area contributed by atoms with Gasteiger partial charge in [0.05, 0.1) is 22.8 Å². The summed E-state index contributed by atoms with van der Waals surface area (Å²) in [7, 11) is 3.95. The second-order valence-corrected chi connectivity index (χ2v) is 7.09. The normalized spacial score (nSPS) is 11.2. The Balaban J connectivity index is 1.72. The van der Waals surface area contributed by atoms with E-state index >= 15 is 0 Å². The van der Waals surface area contributed by atoms with Gasteiger partial charge in [0.25, 0.3) is 0 Å². The van der Waals surface area contributed by atoms with Crippen molar-refractivity contribution in [3.63, 3.8) is 0 Å². The monoisotopic (exact) mass is 365 g/mol. The van der Waals surface area contributed by atoms with Crippen molar-refractivity contribution in [3.05, 3.63) is 46.8 Å². The molecule has 4 aromatic heterocycles. The minimum absolute atomic E-state index is 0.657. The van der Waals surface area contributed by atoms with Crippen LogP contribution in [0.4, 0.5) is 5.82 Å². The lowest BCUT2D eigenvalue weighted by atomic mass is 10.2. The molecule has 0 saturated carbocycles. The van der Waals surface area contributed by atoms with E-state index < -0.39 is 0 Å². The molecule has 0 aliphatic carbocycles. The molecule has 0 bridgehead atoms. The second-order valence-electron chi connectivity index (χ2n) is 6.15. The van der Waals surface area contributed by atoms with E-state index in [1.165, 1.54) is 4.88 Å². The highest BCUT2D eigenvalue weighted by Crippen LogP contribution is 2.26. The summed E-state index contributed by atoms with van der Waals surface area (Å²) in [6, 6.07) is 3.86. The van der Waals surface area contributed by atoms with Crippen LogP contribution in [-0.2, 0) is 13.5 Å². The Morgan fingerprint density at radius 3 is 2.85 bits per heavy atom. The van der Waals surface area contributed by atoms with Gasteiger partial charge in [-0.05, 0) is 19.1 Å². The van der Waals surface area contributed by atoms with Crippen molar-refractivity contribution < 1.29 is 0 Å². The third-order valence-corrected chi connectivity index (χ3v) is 5.37. The number of hydrogen-bond acceptors (Lipinski definition) is 7. The number of aromatic nitrogens is 6. The zero-order valence-corrected chi connectivity index (χ0v) is 15.7. The molecule has 4 rings (SSSR count). The predicted octanol–water partition coefficient (Wildman–Crippen LogP) is 2.87. The zero-order valence-electron chi connectivity index (χ0n) is 14.9. The molecule has 8 heteroatoms. The first-order valence-electron chi connectivity index (χ1n) is 8.33. The number of nitrogens with zero attached hydrogens (tertiary/aromatic N) is 7. The third-order valence-electron chi connectivity index (χ3n) is 4.37. The Labute approximate surface area is 155 Å². The lowest BCUT2D eigenvalue weighted by Gasteiger charge is -2.19. The third kappa shape index (κ3) is 3.03. The van der Waals surface area contributed by atoms with E-state index in [0.29, 0.717) is 5.82 Å². The summed E-state index contributed by atoms with van der Waals surface area (Å²) in [4.78, 5) is 21.5. The molecule has 0 amide bonds. The van der Waals surface area contributed by atoms with E-state index in [1.54, 1.807) is 28.4 Å². The Bertz CT molecular complexity index is 1040. The van der Waals surface area contributed by atoms with Crippen molar-refractivity contribution in [2.24, 2.45) is 7.05 Å². The van der Waals surface area contributed by atoms with Crippen molar-refractivity contribution in [2.75, 3.05) is 18.5 Å². The average Bonchev–Trinajstić information content (AvgIpc) is 3.25. The molecular formula is C18H19N7S. The molecular weight excluding hydrogens is 346 g/mol. The number of anilines is 1. The molecule has 7 nitrogen and oxygen atoms in total. The quantitative estimate of drug-likeness (QED) is 0.541. The summed E-state index contributed by atoms with van der Waals surface area (Å²) in [6.45, 7) is 2.90. The predicted molar refractivity (Wildman–Crippen MR) is 103 cm³/mol. The SMILES string of the molecule is Cc1ncsc1CCN(C)c1nc(-c2cccnc2)nc2c1cnn2C. The molecule has 0 spiro atoms. The molecule has 0 N–H and O–H groups in total. The van der Waals surface area contributed by atoms with E-state index in [2.05, 4.69) is 38.9 Å². The van der Waals surface area contributed by atoms with E-state index in [4.69, 9.17) is 4.98 Å². The number of fused-ring (bicyclic) bond motifs is 1. The van der Waals surface area contributed by atoms with E-state index in [0.717, 1.165) is 41.1 Å². The fourth-order valence-corrected chi connectivity index (χ4v) is 3.63. The van der Waals surface area contributed by atoms with Crippen molar-refractivity contribution in [3.8, 4) is 11.4 Å². The van der Waals surface area contributed by atoms with Crippen LogP contribution >= 0.6 is 11.3 Å². The maximum absolute atomic E-state index is 4.82. The number of aryl methyl sites for hydroxylation is 2. The number of rotatable bonds is 5. The summed E-state index contributed by atoms with van der Waals surface area (Å²) >= 11 is 1.70. The maximum Gasteiger partial charge on any atom is 0.165 e. The Kier molecular flexibility index (Phi) is 4.34. The lowest BCUT2D eigenvalue weighted by Crippen LogP contribution is -2.22. The molecule has 0 aliphatic heterocycles. The van der Waals surface area contributed by atoms with Crippen LogP contribution in [0.2, 0.25) is 0 Å². The van der Waals surface area contributed by atoms with Gasteiger partial charge < -0.3 is 4.90 Å². The number of hydrogen-bond donors (Lipinski definition) is 0. The molecule has 0 unspecified atom stereocenters. The van der Waals surface area contributed by atoms with Crippen LogP contribution < -0.4 is 4.90 Å². The van der Waals surface area contributed by atoms with Crippen LogP contribution in [0.1, 0.15) is 10.6 Å². The van der Waals surface area contributed by atoms with Crippen molar-refractivity contribution >= 4 is 28.2 Å². The standard InChI is InChI=1S/C18H19N7S/c1-12-15(26-11-20-12)6-8-24(2)17-14-10-21-25(3)18(14)23-16(22-17)13-5-4-7-19-9-13/h4-5,7,9-11H,6,8H2,1-3H3. The summed E-state index contributed by atoms with van der Waals surface area (Å²) < 4.78 is 1.78. The molecule has 4 heterocycles. The highest BCUT2D eigenvalue weighted by atomic mass is 32.1. The summed E-state index contributed by atoms with van der Waals surface area (Å²) in [6.07, 6.45) is 6.28. The van der Waals surface area contributed by atoms with Gasteiger partial charge in [0, 0.05) is 49.9 Å². The van der Waals surface area contributed by atoms with Crippen LogP contribution in [0.25, 0.3) is 22.4 Å². The summed E-state index contributed by atoms with van der Waals surface area (Å²) in [5, 5.41) is 5.31. The van der Waals surface area contributed by atoms with Crippen molar-refractivity contribution in [2.45, 2.75) is 13.3 Å². The minimum atomic E-state index is 0.657. The van der Waals surface area contributed by atoms with Crippen molar-refractivity contribution in [1.82, 2.24) is 29.7 Å². The van der Waals surface area contributed by atoms with Crippen LogP contribution in [0, 0.1) is 6.92 Å². The lowest BCUT2D eigenvalue weighted by molar-refractivity contribution is 0.785. The molecule has 0 radical (unpaired) electrons. The Morgan fingerprint density at radius 1 is 1.23 bits per heavy atom. The first kappa shape index (κ1) is 16.6. The van der Waals surface area contributed by atoms with Gasteiger partial charge in [-0.15, -0.1) is 11.3 Å². The molecule has 4 aromatic rings. The first-order valence-corrected chi connectivity index (χ1v) is 9.21. The van der Waals surface area contributed by atoms with Crippen LogP contribution in [0.3, 0.4) is 0 Å². The van der Waals surface area contributed by atoms with E-state index in [1.807, 2.05) is 30.9 Å². The highest BCUT2D eigenvalue weighted by Gasteiger charge is 2.16. The van der Waals surface area contributed by atoms with Crippen LogP contribution in [0.5, 0.6) is 0 Å². The van der Waals surface area contributed by atoms with Gasteiger partial charge in [-0.3, -0.25) is 9.67 Å². The largest absolute Gasteiger partial charge is 0.359 e. The summed E-state index contributed by atoms with van der Waals surface area (Å²) in [5.74, 6) is 1.54. The van der Waals surface area contributed by atoms with Gasteiger partial charge in [-0.1, -0.05) is 0 Å². The molecule has 0 fully saturated rings. The van der Waals surface area contributed by atoms with Gasteiger partial charge >= 0.3 is 0 Å². The van der Waals surface area contributed by atoms with Gasteiger partial charge in [-0.25, -0.2) is 15.0 Å². The fourth-order valence-electron chi connectivity index (χ4n) is 2.86. The topological polar surface area (TPSA) is 72.6 Å². The highest BCUT2D eigenvalue weighted by molar-refractivity contribution is 7.09. The Morgan fingerprint density at radius 2 is 2.12 bits per heavy atom. The summed E-state index contributed by atoms with van der Waals surface area (Å²) in [5.41, 5.74) is 4.71. The Hall–Kier alpha value is -2.87. The second kappa shape index (κ2) is 6.80. The number of pyridine rings is 1. The number of thiazole rings is 1. The molecule has 132 valence electrons.